The van der Waals surface area contributed by atoms with E-state index >= 15 is 0 Å². The molecule has 0 saturated carbocycles. The SMILES string of the molecule is O=C(CN(Cc1ccc(Cl)cc1Cl)S(=O)(=O)c1ccc(Br)cc1)N/N=C/c1ccc(Cl)c(Cl)c1. The fourth-order valence-electron chi connectivity index (χ4n) is 2.79. The van der Waals surface area contributed by atoms with Crippen molar-refractivity contribution in [3.8, 4) is 0 Å². The van der Waals surface area contributed by atoms with E-state index in [1.807, 2.05) is 0 Å². The van der Waals surface area contributed by atoms with Crippen LogP contribution >= 0.6 is 62.3 Å². The molecule has 0 bridgehead atoms. The number of nitrogens with one attached hydrogen (secondary N) is 1. The predicted octanol–water partition coefficient (Wildman–Crippen LogP) is 6.40. The van der Waals surface area contributed by atoms with Crippen LogP contribution in [0.3, 0.4) is 0 Å². The van der Waals surface area contributed by atoms with Crippen molar-refractivity contribution in [2.24, 2.45) is 5.10 Å². The second-order valence-corrected chi connectivity index (χ2v) is 11.4. The molecule has 178 valence electrons. The predicted molar refractivity (Wildman–Crippen MR) is 140 cm³/mol. The zero-order valence-corrected chi connectivity index (χ0v) is 22.6. The average Bonchev–Trinajstić information content (AvgIpc) is 2.77. The molecule has 0 fully saturated rings. The van der Waals surface area contributed by atoms with Gasteiger partial charge in [0.15, 0.2) is 0 Å². The molecule has 6 nitrogen and oxygen atoms in total. The van der Waals surface area contributed by atoms with Crippen molar-refractivity contribution in [3.05, 3.63) is 96.4 Å². The molecule has 0 aliphatic rings. The molecule has 0 spiro atoms. The van der Waals surface area contributed by atoms with E-state index in [1.54, 1.807) is 42.5 Å². The zero-order valence-electron chi connectivity index (χ0n) is 17.2. The van der Waals surface area contributed by atoms with Crippen LogP contribution in [-0.2, 0) is 21.4 Å². The molecule has 1 amide bonds. The summed E-state index contributed by atoms with van der Waals surface area (Å²) in [6.07, 6.45) is 1.36. The van der Waals surface area contributed by atoms with Gasteiger partial charge in [0.05, 0.1) is 27.7 Å². The number of carbonyl (C=O) groups is 1. The Morgan fingerprint density at radius 1 is 0.941 bits per heavy atom. The van der Waals surface area contributed by atoms with Crippen LogP contribution in [0.2, 0.25) is 20.1 Å². The molecule has 0 radical (unpaired) electrons. The standard InChI is InChI=1S/C22H16BrCl4N3O3S/c23-16-3-6-18(7-4-16)34(32,33)30(12-15-2-5-17(24)10-20(15)26)13-22(31)29-28-11-14-1-8-19(25)21(27)9-14/h1-11H,12-13H2,(H,29,31)/b28-11+. The molecule has 12 heteroatoms. The number of sulfonamides is 1. The Hall–Kier alpha value is -1.65. The molecule has 0 unspecified atom stereocenters. The maximum Gasteiger partial charge on any atom is 0.255 e. The van der Waals surface area contributed by atoms with Gasteiger partial charge in [-0.25, -0.2) is 13.8 Å². The number of hydrogen-bond donors (Lipinski definition) is 1. The largest absolute Gasteiger partial charge is 0.272 e. The van der Waals surface area contributed by atoms with Crippen molar-refractivity contribution in [3.63, 3.8) is 0 Å². The lowest BCUT2D eigenvalue weighted by molar-refractivity contribution is -0.121. The van der Waals surface area contributed by atoms with Crippen LogP contribution < -0.4 is 5.43 Å². The molecule has 0 aliphatic carbocycles. The molecule has 0 aromatic heterocycles. The molecule has 34 heavy (non-hydrogen) atoms. The molecular formula is C22H16BrCl4N3O3S. The Morgan fingerprint density at radius 3 is 2.29 bits per heavy atom. The zero-order chi connectivity index (χ0) is 24.9. The highest BCUT2D eigenvalue weighted by molar-refractivity contribution is 9.10. The first kappa shape index (κ1) is 26.9. The van der Waals surface area contributed by atoms with Gasteiger partial charge in [0.1, 0.15) is 0 Å². The van der Waals surface area contributed by atoms with E-state index in [-0.39, 0.29) is 16.5 Å². The number of halogens is 5. The number of amides is 1. The molecule has 3 rings (SSSR count). The summed E-state index contributed by atoms with van der Waals surface area (Å²) in [5, 5.41) is 5.28. The lowest BCUT2D eigenvalue weighted by atomic mass is 10.2. The molecule has 0 saturated heterocycles. The fraction of sp³-hybridized carbons (Fsp3) is 0.0909. The summed E-state index contributed by atoms with van der Waals surface area (Å²) in [5.74, 6) is -0.651. The summed E-state index contributed by atoms with van der Waals surface area (Å²) >= 11 is 27.3. The van der Waals surface area contributed by atoms with Gasteiger partial charge >= 0.3 is 0 Å². The van der Waals surface area contributed by atoms with Gasteiger partial charge in [0.25, 0.3) is 5.91 Å². The number of hydrazone groups is 1. The van der Waals surface area contributed by atoms with Crippen LogP contribution in [0.1, 0.15) is 11.1 Å². The highest BCUT2D eigenvalue weighted by atomic mass is 79.9. The van der Waals surface area contributed by atoms with Crippen LogP contribution in [-0.4, -0.2) is 31.4 Å². The van der Waals surface area contributed by atoms with Gasteiger partial charge in [-0.1, -0.05) is 74.5 Å². The maximum absolute atomic E-state index is 13.3. The second-order valence-electron chi connectivity index (χ2n) is 6.93. The minimum atomic E-state index is -4.05. The Kier molecular flexibility index (Phi) is 9.40. The summed E-state index contributed by atoms with van der Waals surface area (Å²) in [4.78, 5) is 12.6. The summed E-state index contributed by atoms with van der Waals surface area (Å²) in [5.41, 5.74) is 3.41. The lowest BCUT2D eigenvalue weighted by Gasteiger charge is -2.22. The van der Waals surface area contributed by atoms with Gasteiger partial charge in [-0.05, 0) is 59.7 Å². The van der Waals surface area contributed by atoms with Crippen molar-refractivity contribution in [2.75, 3.05) is 6.54 Å². The normalized spacial score (nSPS) is 11.8. The third kappa shape index (κ3) is 7.18. The summed E-state index contributed by atoms with van der Waals surface area (Å²) in [6.45, 7) is -0.658. The van der Waals surface area contributed by atoms with Gasteiger partial charge in [-0.2, -0.15) is 9.41 Å². The molecule has 3 aromatic rings. The smallest absolute Gasteiger partial charge is 0.255 e. The van der Waals surface area contributed by atoms with Crippen molar-refractivity contribution in [2.45, 2.75) is 11.4 Å². The Balaban J connectivity index is 1.82. The van der Waals surface area contributed by atoms with Crippen LogP contribution in [0.25, 0.3) is 0 Å². The first-order valence-corrected chi connectivity index (χ1v) is 13.3. The van der Waals surface area contributed by atoms with Crippen molar-refractivity contribution >= 4 is 84.5 Å². The third-order valence-corrected chi connectivity index (χ3v) is 8.14. The molecule has 0 aliphatic heterocycles. The topological polar surface area (TPSA) is 78.8 Å². The monoisotopic (exact) mass is 621 g/mol. The van der Waals surface area contributed by atoms with Gasteiger partial charge in [0, 0.05) is 21.1 Å². The van der Waals surface area contributed by atoms with E-state index in [4.69, 9.17) is 46.4 Å². The van der Waals surface area contributed by atoms with Crippen LogP contribution in [0, 0.1) is 0 Å². The van der Waals surface area contributed by atoms with Crippen LogP contribution in [0.15, 0.2) is 75.1 Å². The molecule has 0 heterocycles. The Labute approximate surface area is 225 Å². The summed E-state index contributed by atoms with van der Waals surface area (Å²) in [6, 6.07) is 15.6. The molecule has 0 atom stereocenters. The first-order chi connectivity index (χ1) is 16.1. The third-order valence-electron chi connectivity index (χ3n) is 4.48. The van der Waals surface area contributed by atoms with E-state index in [0.717, 1.165) is 4.31 Å². The highest BCUT2D eigenvalue weighted by Gasteiger charge is 2.27. The van der Waals surface area contributed by atoms with Crippen molar-refractivity contribution < 1.29 is 13.2 Å². The van der Waals surface area contributed by atoms with Crippen molar-refractivity contribution in [1.82, 2.24) is 9.73 Å². The van der Waals surface area contributed by atoms with Gasteiger partial charge < -0.3 is 0 Å². The van der Waals surface area contributed by atoms with Gasteiger partial charge in [-0.3, -0.25) is 4.79 Å². The summed E-state index contributed by atoms with van der Waals surface area (Å²) < 4.78 is 28.4. The van der Waals surface area contributed by atoms with Crippen LogP contribution in [0.5, 0.6) is 0 Å². The molecular weight excluding hydrogens is 608 g/mol. The Morgan fingerprint density at radius 2 is 1.65 bits per heavy atom. The number of benzene rings is 3. The van der Waals surface area contributed by atoms with Crippen LogP contribution in [0.4, 0.5) is 0 Å². The first-order valence-electron chi connectivity index (χ1n) is 9.53. The minimum Gasteiger partial charge on any atom is -0.272 e. The number of rotatable bonds is 8. The van der Waals surface area contributed by atoms with E-state index < -0.39 is 22.5 Å². The van der Waals surface area contributed by atoms with Crippen molar-refractivity contribution in [1.29, 1.82) is 0 Å². The van der Waals surface area contributed by atoms with Gasteiger partial charge in [0.2, 0.25) is 10.0 Å². The number of hydrogen-bond acceptors (Lipinski definition) is 4. The average molecular weight is 624 g/mol. The minimum absolute atomic E-state index is 0.0212. The summed E-state index contributed by atoms with van der Waals surface area (Å²) in [7, 11) is -4.05. The Bertz CT molecular complexity index is 1340. The highest BCUT2D eigenvalue weighted by Crippen LogP contribution is 2.26. The molecule has 3 aromatic carbocycles. The van der Waals surface area contributed by atoms with E-state index in [2.05, 4.69) is 26.5 Å². The number of nitrogens with zero attached hydrogens (tertiary/aromatic N) is 2. The van der Waals surface area contributed by atoms with E-state index in [1.165, 1.54) is 24.4 Å². The van der Waals surface area contributed by atoms with Gasteiger partial charge in [-0.15, -0.1) is 0 Å². The fourth-order valence-corrected chi connectivity index (χ4v) is 5.20. The maximum atomic E-state index is 13.3. The number of carbonyl (C=O) groups excluding carboxylic acids is 1. The lowest BCUT2D eigenvalue weighted by Crippen LogP contribution is -2.39. The molecule has 1 N–H and O–H groups in total. The van der Waals surface area contributed by atoms with E-state index in [9.17, 15) is 13.2 Å². The quantitative estimate of drug-likeness (QED) is 0.233. The second kappa shape index (κ2) is 11.9. The van der Waals surface area contributed by atoms with E-state index in [0.29, 0.717) is 30.7 Å².